The summed E-state index contributed by atoms with van der Waals surface area (Å²) in [6.45, 7) is 6.67. The minimum Gasteiger partial charge on any atom is -0.337 e. The molecular formula is C16H30N4O. The molecule has 1 amide bonds. The second kappa shape index (κ2) is 7.77. The second-order valence-corrected chi connectivity index (χ2v) is 6.78. The number of amides is 1. The van der Waals surface area contributed by atoms with Crippen LogP contribution in [0.2, 0.25) is 0 Å². The Morgan fingerprint density at radius 1 is 1.48 bits per heavy atom. The zero-order chi connectivity index (χ0) is 16.0. The topological polar surface area (TPSA) is 82.2 Å². The van der Waals surface area contributed by atoms with Crippen LogP contribution < -0.4 is 11.1 Å². The minimum atomic E-state index is -0.808. The fraction of sp³-hybridized carbons (Fsp3) is 0.875. The van der Waals surface area contributed by atoms with Crippen LogP contribution in [0.25, 0.3) is 0 Å². The van der Waals surface area contributed by atoms with Gasteiger partial charge in [0.25, 0.3) is 0 Å². The van der Waals surface area contributed by atoms with E-state index >= 15 is 0 Å². The molecule has 5 nitrogen and oxygen atoms in total. The van der Waals surface area contributed by atoms with Gasteiger partial charge < -0.3 is 11.1 Å². The van der Waals surface area contributed by atoms with Crippen LogP contribution in [0.5, 0.6) is 0 Å². The standard InChI is InChI=1S/C16H30N4O/c1-12(2)16(3,11-18)19-15(21)10-20(4)14-8-6-5-7-13(14)9-17/h12-14H,5-10,17H2,1-4H3,(H,19,21). The molecule has 0 aromatic carbocycles. The van der Waals surface area contributed by atoms with Crippen molar-refractivity contribution in [3.63, 3.8) is 0 Å². The van der Waals surface area contributed by atoms with E-state index in [2.05, 4.69) is 16.3 Å². The van der Waals surface area contributed by atoms with Gasteiger partial charge in [0.2, 0.25) is 5.91 Å². The highest BCUT2D eigenvalue weighted by atomic mass is 16.2. The third-order valence-electron chi connectivity index (χ3n) is 4.92. The molecule has 0 aromatic heterocycles. The van der Waals surface area contributed by atoms with Crippen molar-refractivity contribution in [2.24, 2.45) is 17.6 Å². The number of rotatable bonds is 6. The Morgan fingerprint density at radius 2 is 2.10 bits per heavy atom. The van der Waals surface area contributed by atoms with Crippen molar-refractivity contribution < 1.29 is 4.79 Å². The van der Waals surface area contributed by atoms with Crippen molar-refractivity contribution in [2.45, 2.75) is 58.0 Å². The van der Waals surface area contributed by atoms with Gasteiger partial charge in [0.1, 0.15) is 5.54 Å². The van der Waals surface area contributed by atoms with Gasteiger partial charge in [-0.15, -0.1) is 0 Å². The molecule has 0 aromatic rings. The summed E-state index contributed by atoms with van der Waals surface area (Å²) in [5, 5.41) is 12.1. The Balaban J connectivity index is 2.59. The molecule has 0 saturated heterocycles. The number of hydrogen-bond donors (Lipinski definition) is 2. The van der Waals surface area contributed by atoms with Crippen molar-refractivity contribution in [3.8, 4) is 6.07 Å². The molecule has 0 spiro atoms. The van der Waals surface area contributed by atoms with Gasteiger partial charge in [-0.3, -0.25) is 9.69 Å². The molecule has 1 aliphatic rings. The molecule has 1 aliphatic carbocycles. The van der Waals surface area contributed by atoms with Gasteiger partial charge in [0.05, 0.1) is 12.6 Å². The Bertz CT molecular complexity index is 390. The van der Waals surface area contributed by atoms with Gasteiger partial charge in [0, 0.05) is 6.04 Å². The van der Waals surface area contributed by atoms with E-state index in [1.54, 1.807) is 6.92 Å². The number of nitrogens with zero attached hydrogens (tertiary/aromatic N) is 2. The SMILES string of the molecule is CC(C)C(C)(C#N)NC(=O)CN(C)C1CCCCC1CN. The molecule has 1 fully saturated rings. The van der Waals surface area contributed by atoms with Crippen molar-refractivity contribution in [2.75, 3.05) is 20.1 Å². The third kappa shape index (κ3) is 4.69. The van der Waals surface area contributed by atoms with Gasteiger partial charge in [-0.2, -0.15) is 5.26 Å². The van der Waals surface area contributed by atoms with Gasteiger partial charge in [-0.1, -0.05) is 26.7 Å². The molecule has 5 heteroatoms. The molecule has 0 aliphatic heterocycles. The predicted octanol–water partition coefficient (Wildman–Crippen LogP) is 1.49. The third-order valence-corrected chi connectivity index (χ3v) is 4.92. The van der Waals surface area contributed by atoms with Crippen LogP contribution in [0.1, 0.15) is 46.5 Å². The first-order chi connectivity index (χ1) is 9.84. The van der Waals surface area contributed by atoms with E-state index in [4.69, 9.17) is 5.73 Å². The number of likely N-dealkylation sites (N-methyl/N-ethyl adjacent to an activating group) is 1. The van der Waals surface area contributed by atoms with Crippen molar-refractivity contribution in [3.05, 3.63) is 0 Å². The Hall–Kier alpha value is -1.12. The normalized spacial score (nSPS) is 25.4. The van der Waals surface area contributed by atoms with Crippen LogP contribution in [0.15, 0.2) is 0 Å². The first-order valence-electron chi connectivity index (χ1n) is 7.96. The monoisotopic (exact) mass is 294 g/mol. The summed E-state index contributed by atoms with van der Waals surface area (Å²) >= 11 is 0. The summed E-state index contributed by atoms with van der Waals surface area (Å²) in [4.78, 5) is 14.3. The van der Waals surface area contributed by atoms with Crippen LogP contribution in [0.4, 0.5) is 0 Å². The molecule has 0 radical (unpaired) electrons. The van der Waals surface area contributed by atoms with E-state index < -0.39 is 5.54 Å². The summed E-state index contributed by atoms with van der Waals surface area (Å²) in [7, 11) is 1.98. The summed E-state index contributed by atoms with van der Waals surface area (Å²) in [5.74, 6) is 0.462. The largest absolute Gasteiger partial charge is 0.337 e. The van der Waals surface area contributed by atoms with Crippen LogP contribution in [0.3, 0.4) is 0 Å². The molecule has 0 heterocycles. The molecular weight excluding hydrogens is 264 g/mol. The number of nitriles is 1. The van der Waals surface area contributed by atoms with Crippen LogP contribution in [0, 0.1) is 23.2 Å². The smallest absolute Gasteiger partial charge is 0.235 e. The Morgan fingerprint density at radius 3 is 2.62 bits per heavy atom. The number of carbonyl (C=O) groups is 1. The minimum absolute atomic E-state index is 0.0724. The zero-order valence-corrected chi connectivity index (χ0v) is 13.9. The van der Waals surface area contributed by atoms with E-state index in [-0.39, 0.29) is 11.8 Å². The lowest BCUT2D eigenvalue weighted by atomic mass is 9.83. The number of hydrogen-bond acceptors (Lipinski definition) is 4. The number of nitrogens with one attached hydrogen (secondary N) is 1. The lowest BCUT2D eigenvalue weighted by molar-refractivity contribution is -0.124. The summed E-state index contributed by atoms with van der Waals surface area (Å²) < 4.78 is 0. The fourth-order valence-electron chi connectivity index (χ4n) is 3.02. The second-order valence-electron chi connectivity index (χ2n) is 6.78. The maximum Gasteiger partial charge on any atom is 0.235 e. The molecule has 21 heavy (non-hydrogen) atoms. The fourth-order valence-corrected chi connectivity index (χ4v) is 3.02. The zero-order valence-electron chi connectivity index (χ0n) is 13.9. The highest BCUT2D eigenvalue weighted by Crippen LogP contribution is 2.27. The molecule has 120 valence electrons. The average Bonchev–Trinajstić information content (AvgIpc) is 2.46. The summed E-state index contributed by atoms with van der Waals surface area (Å²) in [6, 6.07) is 2.59. The van der Waals surface area contributed by atoms with Gasteiger partial charge in [0.15, 0.2) is 0 Å². The molecule has 1 saturated carbocycles. The molecule has 3 atom stereocenters. The highest BCUT2D eigenvalue weighted by molar-refractivity contribution is 5.79. The molecule has 3 unspecified atom stereocenters. The predicted molar refractivity (Wildman–Crippen MR) is 84.4 cm³/mol. The molecule has 0 bridgehead atoms. The van der Waals surface area contributed by atoms with Crippen molar-refractivity contribution in [1.29, 1.82) is 5.26 Å². The maximum atomic E-state index is 12.2. The van der Waals surface area contributed by atoms with Crippen molar-refractivity contribution >= 4 is 5.91 Å². The van der Waals surface area contributed by atoms with E-state index in [0.717, 1.165) is 12.8 Å². The van der Waals surface area contributed by atoms with Crippen LogP contribution >= 0.6 is 0 Å². The van der Waals surface area contributed by atoms with Crippen molar-refractivity contribution in [1.82, 2.24) is 10.2 Å². The van der Waals surface area contributed by atoms with E-state index in [9.17, 15) is 10.1 Å². The summed E-state index contributed by atoms with van der Waals surface area (Å²) in [5.41, 5.74) is 5.05. The highest BCUT2D eigenvalue weighted by Gasteiger charge is 2.32. The maximum absolute atomic E-state index is 12.2. The van der Waals surface area contributed by atoms with Crippen LogP contribution in [-0.4, -0.2) is 42.5 Å². The Labute approximate surface area is 128 Å². The Kier molecular flexibility index (Phi) is 6.63. The van der Waals surface area contributed by atoms with E-state index in [0.29, 0.717) is 25.0 Å². The average molecular weight is 294 g/mol. The number of carbonyl (C=O) groups excluding carboxylic acids is 1. The molecule has 3 N–H and O–H groups in total. The first-order valence-corrected chi connectivity index (χ1v) is 7.96. The quantitative estimate of drug-likeness (QED) is 0.777. The summed E-state index contributed by atoms with van der Waals surface area (Å²) in [6.07, 6.45) is 4.69. The van der Waals surface area contributed by atoms with E-state index in [1.165, 1.54) is 12.8 Å². The van der Waals surface area contributed by atoms with Crippen LogP contribution in [-0.2, 0) is 4.79 Å². The lowest BCUT2D eigenvalue weighted by Gasteiger charge is -2.37. The van der Waals surface area contributed by atoms with Gasteiger partial charge >= 0.3 is 0 Å². The van der Waals surface area contributed by atoms with Gasteiger partial charge in [-0.05, 0) is 45.2 Å². The van der Waals surface area contributed by atoms with E-state index in [1.807, 2.05) is 20.9 Å². The lowest BCUT2D eigenvalue weighted by Crippen LogP contribution is -2.53. The number of nitrogens with two attached hydrogens (primary N) is 1. The van der Waals surface area contributed by atoms with Gasteiger partial charge in [-0.25, -0.2) is 0 Å². The molecule has 1 rings (SSSR count). The first kappa shape index (κ1) is 17.9.